The van der Waals surface area contributed by atoms with E-state index in [-0.39, 0.29) is 0 Å². The molecule has 0 aromatic carbocycles. The second kappa shape index (κ2) is 5.73. The van der Waals surface area contributed by atoms with E-state index < -0.39 is 0 Å². The van der Waals surface area contributed by atoms with Crippen LogP contribution >= 0.6 is 11.8 Å². The highest BCUT2D eigenvalue weighted by Gasteiger charge is 2.27. The summed E-state index contributed by atoms with van der Waals surface area (Å²) in [6.07, 6.45) is 9.33. The van der Waals surface area contributed by atoms with Gasteiger partial charge < -0.3 is 5.32 Å². The van der Waals surface area contributed by atoms with E-state index in [0.29, 0.717) is 6.04 Å². The summed E-state index contributed by atoms with van der Waals surface area (Å²) >= 11 is 1.98. The van der Waals surface area contributed by atoms with Crippen LogP contribution < -0.4 is 5.32 Å². The molecule has 3 nitrogen and oxygen atoms in total. The molecular formula is C12H21N3S. The molecule has 1 aromatic heterocycles. The van der Waals surface area contributed by atoms with Crippen molar-refractivity contribution < 1.29 is 0 Å². The van der Waals surface area contributed by atoms with Crippen molar-refractivity contribution in [1.29, 1.82) is 0 Å². The molecule has 0 saturated heterocycles. The zero-order valence-corrected chi connectivity index (χ0v) is 11.0. The molecule has 1 aliphatic carbocycles. The van der Waals surface area contributed by atoms with Crippen LogP contribution in [-0.2, 0) is 7.05 Å². The maximum absolute atomic E-state index is 4.22. The number of rotatable bonds is 5. The van der Waals surface area contributed by atoms with Gasteiger partial charge in [0.1, 0.15) is 0 Å². The number of hydrogen-bond acceptors (Lipinski definition) is 3. The van der Waals surface area contributed by atoms with Crippen LogP contribution in [-0.4, -0.2) is 27.6 Å². The third-order valence-electron chi connectivity index (χ3n) is 3.08. The predicted octanol–water partition coefficient (Wildman–Crippen LogP) is 2.43. The fourth-order valence-corrected chi connectivity index (χ4v) is 3.62. The van der Waals surface area contributed by atoms with Crippen LogP contribution in [0.1, 0.15) is 32.6 Å². The first-order valence-electron chi connectivity index (χ1n) is 6.18. The lowest BCUT2D eigenvalue weighted by atomic mass is 10.2. The molecular weight excluding hydrogens is 218 g/mol. The summed E-state index contributed by atoms with van der Waals surface area (Å²) in [5.41, 5.74) is 0. The Balaban J connectivity index is 1.88. The zero-order valence-electron chi connectivity index (χ0n) is 10.1. The van der Waals surface area contributed by atoms with Gasteiger partial charge in [-0.05, 0) is 25.8 Å². The summed E-state index contributed by atoms with van der Waals surface area (Å²) in [6.45, 7) is 3.37. The molecule has 1 aromatic rings. The molecule has 4 heteroatoms. The highest BCUT2D eigenvalue weighted by molar-refractivity contribution is 8.00. The largest absolute Gasteiger partial charge is 0.313 e. The summed E-state index contributed by atoms with van der Waals surface area (Å²) in [4.78, 5) is 1.30. The predicted molar refractivity (Wildman–Crippen MR) is 68.8 cm³/mol. The van der Waals surface area contributed by atoms with Crippen LogP contribution in [0.5, 0.6) is 0 Å². The van der Waals surface area contributed by atoms with Gasteiger partial charge in [0, 0.05) is 29.4 Å². The Morgan fingerprint density at radius 2 is 2.44 bits per heavy atom. The smallest absolute Gasteiger partial charge is 0.0625 e. The van der Waals surface area contributed by atoms with Crippen LogP contribution in [0.15, 0.2) is 17.3 Å². The van der Waals surface area contributed by atoms with Crippen LogP contribution in [0.25, 0.3) is 0 Å². The number of aryl methyl sites for hydroxylation is 1. The van der Waals surface area contributed by atoms with Gasteiger partial charge in [0.05, 0.1) is 6.20 Å². The fourth-order valence-electron chi connectivity index (χ4n) is 2.26. The first kappa shape index (κ1) is 12.0. The molecule has 16 heavy (non-hydrogen) atoms. The summed E-state index contributed by atoms with van der Waals surface area (Å²) in [5.74, 6) is 0. The maximum atomic E-state index is 4.22. The molecule has 0 amide bonds. The van der Waals surface area contributed by atoms with Crippen molar-refractivity contribution in [2.75, 3.05) is 6.54 Å². The summed E-state index contributed by atoms with van der Waals surface area (Å²) in [7, 11) is 1.98. The highest BCUT2D eigenvalue weighted by atomic mass is 32.2. The molecule has 2 rings (SSSR count). The molecule has 0 radical (unpaired) electrons. The van der Waals surface area contributed by atoms with Crippen LogP contribution in [0.3, 0.4) is 0 Å². The third-order valence-corrected chi connectivity index (χ3v) is 4.43. The van der Waals surface area contributed by atoms with Crippen molar-refractivity contribution in [1.82, 2.24) is 15.1 Å². The minimum absolute atomic E-state index is 0.699. The minimum Gasteiger partial charge on any atom is -0.313 e. The quantitative estimate of drug-likeness (QED) is 0.856. The van der Waals surface area contributed by atoms with Gasteiger partial charge in [-0.2, -0.15) is 5.10 Å². The lowest BCUT2D eigenvalue weighted by Gasteiger charge is -2.19. The molecule has 1 aliphatic rings. The summed E-state index contributed by atoms with van der Waals surface area (Å²) in [6, 6.07) is 0.699. The van der Waals surface area contributed by atoms with Crippen molar-refractivity contribution >= 4 is 11.8 Å². The van der Waals surface area contributed by atoms with Gasteiger partial charge in [0.25, 0.3) is 0 Å². The molecule has 1 N–H and O–H groups in total. The maximum Gasteiger partial charge on any atom is 0.0625 e. The van der Waals surface area contributed by atoms with E-state index in [4.69, 9.17) is 0 Å². The molecule has 1 fully saturated rings. The Hall–Kier alpha value is -0.480. The summed E-state index contributed by atoms with van der Waals surface area (Å²) < 4.78 is 1.88. The van der Waals surface area contributed by atoms with Gasteiger partial charge >= 0.3 is 0 Å². The molecule has 1 heterocycles. The Morgan fingerprint density at radius 1 is 1.56 bits per heavy atom. The molecule has 0 aliphatic heterocycles. The average molecular weight is 239 g/mol. The van der Waals surface area contributed by atoms with Crippen molar-refractivity contribution in [2.24, 2.45) is 7.05 Å². The molecule has 2 atom stereocenters. The summed E-state index contributed by atoms with van der Waals surface area (Å²) in [5, 5.41) is 8.61. The van der Waals surface area contributed by atoms with Crippen molar-refractivity contribution in [2.45, 2.75) is 48.8 Å². The molecule has 90 valence electrons. The normalized spacial score (nSPS) is 25.1. The van der Waals surface area contributed by atoms with E-state index in [2.05, 4.69) is 23.5 Å². The minimum atomic E-state index is 0.699. The van der Waals surface area contributed by atoms with E-state index in [1.165, 1.54) is 30.6 Å². The molecule has 0 spiro atoms. The molecule has 2 unspecified atom stereocenters. The monoisotopic (exact) mass is 239 g/mol. The zero-order chi connectivity index (χ0) is 11.4. The van der Waals surface area contributed by atoms with E-state index >= 15 is 0 Å². The lowest BCUT2D eigenvalue weighted by molar-refractivity contribution is 0.531. The topological polar surface area (TPSA) is 29.9 Å². The second-order valence-corrected chi connectivity index (χ2v) is 5.81. The van der Waals surface area contributed by atoms with Crippen LogP contribution in [0.4, 0.5) is 0 Å². The van der Waals surface area contributed by atoms with Gasteiger partial charge in [-0.25, -0.2) is 0 Å². The average Bonchev–Trinajstić information content (AvgIpc) is 2.86. The molecule has 1 saturated carbocycles. The Morgan fingerprint density at radius 3 is 3.12 bits per heavy atom. The number of aromatic nitrogens is 2. The number of hydrogen-bond donors (Lipinski definition) is 1. The van der Waals surface area contributed by atoms with E-state index in [1.54, 1.807) is 0 Å². The van der Waals surface area contributed by atoms with Gasteiger partial charge in [0.15, 0.2) is 0 Å². The molecule has 0 bridgehead atoms. The number of nitrogens with one attached hydrogen (secondary N) is 1. The second-order valence-electron chi connectivity index (χ2n) is 4.50. The first-order chi connectivity index (χ1) is 7.79. The van der Waals surface area contributed by atoms with Gasteiger partial charge in [-0.1, -0.05) is 13.3 Å². The van der Waals surface area contributed by atoms with E-state index in [0.717, 1.165) is 11.8 Å². The van der Waals surface area contributed by atoms with Crippen molar-refractivity contribution in [3.63, 3.8) is 0 Å². The number of thioether (sulfide) groups is 1. The Labute approximate surface area is 102 Å². The van der Waals surface area contributed by atoms with Crippen LogP contribution in [0, 0.1) is 0 Å². The van der Waals surface area contributed by atoms with E-state index in [1.807, 2.05) is 29.7 Å². The van der Waals surface area contributed by atoms with Crippen molar-refractivity contribution in [3.8, 4) is 0 Å². The third kappa shape index (κ3) is 3.01. The van der Waals surface area contributed by atoms with Gasteiger partial charge in [-0.15, -0.1) is 11.8 Å². The van der Waals surface area contributed by atoms with Gasteiger partial charge in [0.2, 0.25) is 0 Å². The lowest BCUT2D eigenvalue weighted by Crippen LogP contribution is -2.34. The fraction of sp³-hybridized carbons (Fsp3) is 0.750. The SMILES string of the molecule is CCCNC1CCCC1Sc1cnn(C)c1. The Bertz CT molecular complexity index is 324. The van der Waals surface area contributed by atoms with Crippen molar-refractivity contribution in [3.05, 3.63) is 12.4 Å². The highest BCUT2D eigenvalue weighted by Crippen LogP contribution is 2.34. The Kier molecular flexibility index (Phi) is 4.29. The van der Waals surface area contributed by atoms with E-state index in [9.17, 15) is 0 Å². The van der Waals surface area contributed by atoms with Gasteiger partial charge in [-0.3, -0.25) is 4.68 Å². The first-order valence-corrected chi connectivity index (χ1v) is 7.06. The number of nitrogens with zero attached hydrogens (tertiary/aromatic N) is 2. The van der Waals surface area contributed by atoms with Crippen LogP contribution in [0.2, 0.25) is 0 Å². The standard InChI is InChI=1S/C12H21N3S/c1-3-7-13-11-5-4-6-12(11)16-10-8-14-15(2)9-10/h8-9,11-13H,3-7H2,1-2H3.